The molecule has 0 amide bonds. The second-order valence-corrected chi connectivity index (χ2v) is 8.65. The Bertz CT molecular complexity index is 1070. The van der Waals surface area contributed by atoms with Crippen molar-refractivity contribution in [1.29, 1.82) is 0 Å². The first-order valence-corrected chi connectivity index (χ1v) is 10.5. The molecule has 4 N–H and O–H groups in total. The number of ether oxygens (including phenoxy) is 1. The first kappa shape index (κ1) is 19.4. The number of aromatic nitrogens is 4. The highest BCUT2D eigenvalue weighted by Gasteiger charge is 2.47. The Morgan fingerprint density at radius 2 is 2.10 bits per heavy atom. The van der Waals surface area contributed by atoms with Crippen LogP contribution in [0, 0.1) is 12.3 Å². The highest BCUT2D eigenvalue weighted by atomic mass is 16.5. The molecule has 4 heterocycles. The molecule has 2 fully saturated rings. The molecular formula is C22H28N6O2. The van der Waals surface area contributed by atoms with Gasteiger partial charge in [0.05, 0.1) is 42.4 Å². The van der Waals surface area contributed by atoms with E-state index in [2.05, 4.69) is 22.0 Å². The maximum absolute atomic E-state index is 10.0. The normalized spacial score (nSPS) is 23.5. The minimum atomic E-state index is -0.150. The van der Waals surface area contributed by atoms with Crippen molar-refractivity contribution in [3.63, 3.8) is 0 Å². The monoisotopic (exact) mass is 408 g/mol. The second-order valence-electron chi connectivity index (χ2n) is 8.65. The van der Waals surface area contributed by atoms with Gasteiger partial charge in [0.15, 0.2) is 5.82 Å². The van der Waals surface area contributed by atoms with Gasteiger partial charge >= 0.3 is 0 Å². The third-order valence-corrected chi connectivity index (χ3v) is 6.89. The molecule has 1 spiro atoms. The molecule has 30 heavy (non-hydrogen) atoms. The molecule has 2 aromatic heterocycles. The summed E-state index contributed by atoms with van der Waals surface area (Å²) in [6, 6.07) is 6.13. The van der Waals surface area contributed by atoms with E-state index in [4.69, 9.17) is 20.4 Å². The lowest BCUT2D eigenvalue weighted by molar-refractivity contribution is 0.0973. The fraction of sp³-hybridized carbons (Fsp3) is 0.500. The van der Waals surface area contributed by atoms with E-state index in [1.807, 2.05) is 25.1 Å². The number of piperidine rings is 1. The van der Waals surface area contributed by atoms with E-state index in [1.165, 1.54) is 0 Å². The zero-order valence-electron chi connectivity index (χ0n) is 17.4. The average molecular weight is 409 g/mol. The Labute approximate surface area is 175 Å². The van der Waals surface area contributed by atoms with Gasteiger partial charge in [-0.2, -0.15) is 5.10 Å². The van der Waals surface area contributed by atoms with Crippen molar-refractivity contribution < 1.29 is 9.84 Å². The van der Waals surface area contributed by atoms with Crippen molar-refractivity contribution in [2.75, 3.05) is 24.6 Å². The van der Waals surface area contributed by atoms with E-state index in [1.54, 1.807) is 6.20 Å². The summed E-state index contributed by atoms with van der Waals surface area (Å²) in [5, 5.41) is 18.2. The van der Waals surface area contributed by atoms with Gasteiger partial charge in [-0.3, -0.25) is 5.10 Å². The highest BCUT2D eigenvalue weighted by molar-refractivity contribution is 5.83. The van der Waals surface area contributed by atoms with Crippen molar-refractivity contribution in [3.05, 3.63) is 35.8 Å². The number of nitrogens with one attached hydrogen (secondary N) is 1. The number of H-pyrrole nitrogens is 1. The van der Waals surface area contributed by atoms with E-state index < -0.39 is 0 Å². The Morgan fingerprint density at radius 1 is 1.30 bits per heavy atom. The number of aliphatic hydroxyl groups excluding tert-OH is 1. The Morgan fingerprint density at radius 3 is 2.80 bits per heavy atom. The number of nitrogens with zero attached hydrogens (tertiary/aromatic N) is 4. The lowest BCUT2D eigenvalue weighted by Gasteiger charge is -2.42. The molecule has 1 aromatic carbocycles. The van der Waals surface area contributed by atoms with Gasteiger partial charge in [-0.05, 0) is 32.8 Å². The molecule has 8 nitrogen and oxygen atoms in total. The summed E-state index contributed by atoms with van der Waals surface area (Å²) in [6.45, 7) is 6.29. The molecule has 0 unspecified atom stereocenters. The van der Waals surface area contributed by atoms with Crippen molar-refractivity contribution in [2.24, 2.45) is 11.1 Å². The Hall–Kier alpha value is -2.55. The molecule has 0 radical (unpaired) electrons. The van der Waals surface area contributed by atoms with E-state index in [9.17, 15) is 5.11 Å². The van der Waals surface area contributed by atoms with Gasteiger partial charge in [0.2, 0.25) is 0 Å². The van der Waals surface area contributed by atoms with Crippen LogP contribution in [0.5, 0.6) is 0 Å². The van der Waals surface area contributed by atoms with Crippen LogP contribution in [0.25, 0.3) is 22.2 Å². The van der Waals surface area contributed by atoms with Gasteiger partial charge in [-0.1, -0.05) is 12.1 Å². The molecular weight excluding hydrogens is 380 g/mol. The molecule has 0 saturated carbocycles. The quantitative estimate of drug-likeness (QED) is 0.608. The van der Waals surface area contributed by atoms with E-state index in [0.717, 1.165) is 66.2 Å². The largest absolute Gasteiger partial charge is 0.390 e. The number of aliphatic hydroxyl groups is 1. The van der Waals surface area contributed by atoms with Gasteiger partial charge in [0.25, 0.3) is 0 Å². The summed E-state index contributed by atoms with van der Waals surface area (Å²) >= 11 is 0. The molecule has 158 valence electrons. The SMILES string of the molecule is Cc1nc(N2CCC3(CC2)CO[C@@H](C)[C@H]3N)c(CO)nc1-c1ccc2cn[nH]c2c1. The van der Waals surface area contributed by atoms with Crippen molar-refractivity contribution >= 4 is 16.7 Å². The number of benzene rings is 1. The summed E-state index contributed by atoms with van der Waals surface area (Å²) in [5.74, 6) is 0.775. The zero-order valence-corrected chi connectivity index (χ0v) is 17.4. The smallest absolute Gasteiger partial charge is 0.153 e. The lowest BCUT2D eigenvalue weighted by Crippen LogP contribution is -2.51. The summed E-state index contributed by atoms with van der Waals surface area (Å²) < 4.78 is 5.83. The van der Waals surface area contributed by atoms with Crippen molar-refractivity contribution in [3.8, 4) is 11.3 Å². The van der Waals surface area contributed by atoms with E-state index in [0.29, 0.717) is 5.69 Å². The van der Waals surface area contributed by atoms with Crippen LogP contribution in [0.3, 0.4) is 0 Å². The Balaban J connectivity index is 1.43. The van der Waals surface area contributed by atoms with Crippen LogP contribution in [0.15, 0.2) is 24.4 Å². The topological polar surface area (TPSA) is 113 Å². The zero-order chi connectivity index (χ0) is 20.9. The molecule has 2 aliphatic rings. The first-order chi connectivity index (χ1) is 14.5. The molecule has 3 aromatic rings. The molecule has 2 atom stereocenters. The summed E-state index contributed by atoms with van der Waals surface area (Å²) in [6.07, 6.45) is 3.83. The van der Waals surface area contributed by atoms with E-state index in [-0.39, 0.29) is 24.2 Å². The number of rotatable bonds is 3. The van der Waals surface area contributed by atoms with Crippen LogP contribution < -0.4 is 10.6 Å². The van der Waals surface area contributed by atoms with Gasteiger partial charge in [-0.25, -0.2) is 9.97 Å². The summed E-state index contributed by atoms with van der Waals surface area (Å²) in [4.78, 5) is 11.9. The third-order valence-electron chi connectivity index (χ3n) is 6.89. The predicted molar refractivity (Wildman–Crippen MR) is 115 cm³/mol. The van der Waals surface area contributed by atoms with Crippen LogP contribution in [-0.2, 0) is 11.3 Å². The van der Waals surface area contributed by atoms with Gasteiger partial charge in [-0.15, -0.1) is 0 Å². The summed E-state index contributed by atoms with van der Waals surface area (Å²) in [5.41, 5.74) is 10.6. The predicted octanol–water partition coefficient (Wildman–Crippen LogP) is 2.15. The second kappa shape index (κ2) is 7.30. The maximum Gasteiger partial charge on any atom is 0.153 e. The number of nitrogens with two attached hydrogens (primary N) is 1. The van der Waals surface area contributed by atoms with E-state index >= 15 is 0 Å². The fourth-order valence-electron chi connectivity index (χ4n) is 4.90. The number of aromatic amines is 1. The lowest BCUT2D eigenvalue weighted by atomic mass is 9.73. The van der Waals surface area contributed by atoms with Gasteiger partial charge in [0, 0.05) is 35.5 Å². The van der Waals surface area contributed by atoms with Crippen molar-refractivity contribution in [1.82, 2.24) is 20.2 Å². The average Bonchev–Trinajstić information content (AvgIpc) is 3.34. The highest BCUT2D eigenvalue weighted by Crippen LogP contribution is 2.42. The van der Waals surface area contributed by atoms with Crippen LogP contribution in [0.2, 0.25) is 0 Å². The standard InChI is InChI=1S/C22H28N6O2/c1-13-19(15-3-4-16-10-24-27-17(16)9-15)26-18(11-29)21(25-13)28-7-5-22(6-8-28)12-30-14(2)20(22)23/h3-4,9-10,14,20,29H,5-8,11-12,23H2,1-2H3,(H,24,27)/t14-,20+/m0/s1. The third kappa shape index (κ3) is 3.07. The Kier molecular flexibility index (Phi) is 4.72. The van der Waals surface area contributed by atoms with Crippen LogP contribution >= 0.6 is 0 Å². The van der Waals surface area contributed by atoms with Gasteiger partial charge < -0.3 is 20.5 Å². The maximum atomic E-state index is 10.0. The minimum absolute atomic E-state index is 0.0528. The fourth-order valence-corrected chi connectivity index (χ4v) is 4.90. The number of aryl methyl sites for hydroxylation is 1. The number of fused-ring (bicyclic) bond motifs is 1. The number of anilines is 1. The van der Waals surface area contributed by atoms with Crippen LogP contribution in [-0.4, -0.2) is 57.1 Å². The molecule has 0 aliphatic carbocycles. The molecule has 0 bridgehead atoms. The minimum Gasteiger partial charge on any atom is -0.390 e. The van der Waals surface area contributed by atoms with Crippen LogP contribution in [0.1, 0.15) is 31.2 Å². The van der Waals surface area contributed by atoms with Crippen LogP contribution in [0.4, 0.5) is 5.82 Å². The molecule has 5 rings (SSSR count). The summed E-state index contributed by atoms with van der Waals surface area (Å²) in [7, 11) is 0. The molecule has 8 heteroatoms. The molecule has 2 saturated heterocycles. The number of hydrogen-bond donors (Lipinski definition) is 3. The van der Waals surface area contributed by atoms with Gasteiger partial charge in [0.1, 0.15) is 5.69 Å². The molecule has 2 aliphatic heterocycles. The number of hydrogen-bond acceptors (Lipinski definition) is 7. The first-order valence-electron chi connectivity index (χ1n) is 10.5. The van der Waals surface area contributed by atoms with Crippen molar-refractivity contribution in [2.45, 2.75) is 45.4 Å².